The Kier molecular flexibility index (Phi) is 7.32. The van der Waals surface area contributed by atoms with Gasteiger partial charge in [-0.15, -0.1) is 0 Å². The summed E-state index contributed by atoms with van der Waals surface area (Å²) < 4.78 is 58.3. The number of benzene rings is 4. The molecule has 0 bridgehead atoms. The number of hydrogen-bond donors (Lipinski definition) is 0. The number of hydrogen-bond acceptors (Lipinski definition) is 5. The van der Waals surface area contributed by atoms with E-state index in [1.54, 1.807) is 0 Å². The van der Waals surface area contributed by atoms with Gasteiger partial charge in [-0.1, -0.05) is 36.4 Å². The van der Waals surface area contributed by atoms with Crippen molar-refractivity contribution in [1.82, 2.24) is 0 Å². The Morgan fingerprint density at radius 2 is 1.19 bits per heavy atom. The lowest BCUT2D eigenvalue weighted by Gasteiger charge is -2.35. The summed E-state index contributed by atoms with van der Waals surface area (Å²) in [6, 6.07) is 17.2. The van der Waals surface area contributed by atoms with Gasteiger partial charge in [-0.2, -0.15) is 0 Å². The number of nitro groups is 1. The van der Waals surface area contributed by atoms with Crippen molar-refractivity contribution in [2.24, 2.45) is 0 Å². The van der Waals surface area contributed by atoms with Gasteiger partial charge >= 0.3 is 5.69 Å². The van der Waals surface area contributed by atoms with E-state index >= 15 is 0 Å². The van der Waals surface area contributed by atoms with Gasteiger partial charge in [0.1, 0.15) is 23.1 Å². The molecule has 0 fully saturated rings. The van der Waals surface area contributed by atoms with E-state index in [4.69, 9.17) is 13.9 Å². The fraction of sp³-hybridized carbons (Fsp3) is 0.111. The van der Waals surface area contributed by atoms with Crippen LogP contribution in [0.5, 0.6) is 11.5 Å². The molecule has 187 valence electrons. The SMILES string of the molecule is COc1c(-c2ccc(F)cc2)cc(C(O[Si])(c2ccc(F)cc2)c2ccc(F)cc2)c([N+](=O)[O-])c1OC. The molecule has 0 aliphatic carbocycles. The Morgan fingerprint density at radius 3 is 1.57 bits per heavy atom. The molecule has 0 aliphatic rings. The molecule has 4 aromatic rings. The lowest BCUT2D eigenvalue weighted by molar-refractivity contribution is -0.387. The molecule has 37 heavy (non-hydrogen) atoms. The molecule has 0 amide bonds. The lowest BCUT2D eigenvalue weighted by Crippen LogP contribution is -2.33. The Bertz CT molecular complexity index is 1380. The zero-order chi connectivity index (χ0) is 26.7. The zero-order valence-electron chi connectivity index (χ0n) is 19.6. The second-order valence-corrected chi connectivity index (χ2v) is 8.15. The Hall–Kier alpha value is -4.15. The summed E-state index contributed by atoms with van der Waals surface area (Å²) >= 11 is 0. The van der Waals surface area contributed by atoms with Crippen molar-refractivity contribution in [1.29, 1.82) is 0 Å². The van der Waals surface area contributed by atoms with E-state index in [2.05, 4.69) is 10.5 Å². The lowest BCUT2D eigenvalue weighted by atomic mass is 9.78. The van der Waals surface area contributed by atoms with E-state index in [1.807, 2.05) is 0 Å². The van der Waals surface area contributed by atoms with Crippen LogP contribution in [0.15, 0.2) is 78.9 Å². The Morgan fingerprint density at radius 1 is 0.757 bits per heavy atom. The average molecular weight is 523 g/mol. The fourth-order valence-corrected chi connectivity index (χ4v) is 4.68. The smallest absolute Gasteiger partial charge is 0.321 e. The first-order chi connectivity index (χ1) is 17.8. The summed E-state index contributed by atoms with van der Waals surface area (Å²) in [6.45, 7) is 0. The van der Waals surface area contributed by atoms with Gasteiger partial charge in [0, 0.05) is 5.56 Å². The molecule has 0 saturated carbocycles. The molecule has 0 heterocycles. The van der Waals surface area contributed by atoms with Crippen molar-refractivity contribution in [3.05, 3.63) is 123 Å². The molecule has 0 saturated heterocycles. The van der Waals surface area contributed by atoms with Crippen molar-refractivity contribution in [3.63, 3.8) is 0 Å². The van der Waals surface area contributed by atoms with Crippen LogP contribution in [0.3, 0.4) is 0 Å². The predicted molar refractivity (Wildman–Crippen MR) is 131 cm³/mol. The summed E-state index contributed by atoms with van der Waals surface area (Å²) in [5.74, 6) is -1.75. The van der Waals surface area contributed by atoms with Gasteiger partial charge in [0.15, 0.2) is 5.75 Å². The largest absolute Gasteiger partial charge is 0.492 e. The van der Waals surface area contributed by atoms with Crippen molar-refractivity contribution < 1.29 is 32.0 Å². The molecule has 0 aromatic heterocycles. The maximum atomic E-state index is 13.9. The Labute approximate surface area is 213 Å². The van der Waals surface area contributed by atoms with Crippen molar-refractivity contribution in [2.45, 2.75) is 5.60 Å². The highest BCUT2D eigenvalue weighted by atomic mass is 28.2. The minimum Gasteiger partial charge on any atom is -0.492 e. The van der Waals surface area contributed by atoms with Crippen LogP contribution in [0.4, 0.5) is 18.9 Å². The number of methoxy groups -OCH3 is 2. The molecule has 0 atom stereocenters. The molecule has 6 nitrogen and oxygen atoms in total. The van der Waals surface area contributed by atoms with Crippen LogP contribution in [-0.4, -0.2) is 29.6 Å². The molecule has 0 N–H and O–H groups in total. The van der Waals surface area contributed by atoms with Gasteiger partial charge in [0.2, 0.25) is 16.2 Å². The molecule has 0 spiro atoms. The molecule has 4 rings (SSSR count). The predicted octanol–water partition coefficient (Wildman–Crippen LogP) is 6.09. The molecule has 0 aliphatic heterocycles. The van der Waals surface area contributed by atoms with E-state index in [1.165, 1.54) is 93.1 Å². The second kappa shape index (κ2) is 10.5. The summed E-state index contributed by atoms with van der Waals surface area (Å²) in [4.78, 5) is 11.9. The first-order valence-electron chi connectivity index (χ1n) is 10.8. The second-order valence-electron chi connectivity index (χ2n) is 7.95. The summed E-state index contributed by atoms with van der Waals surface area (Å²) in [6.07, 6.45) is 0. The van der Waals surface area contributed by atoms with E-state index in [-0.39, 0.29) is 28.2 Å². The minimum absolute atomic E-state index is 0.0330. The van der Waals surface area contributed by atoms with Crippen LogP contribution >= 0.6 is 0 Å². The number of rotatable bonds is 8. The highest BCUT2D eigenvalue weighted by Crippen LogP contribution is 2.53. The molecule has 3 radical (unpaired) electrons. The number of ether oxygens (including phenoxy) is 2. The Balaban J connectivity index is 2.20. The standard InChI is InChI=1S/C27H19F3NO5Si/c1-34-25-22(16-3-9-19(28)10-4-16)15-23(24(31(32)33)26(25)35-2)27(36-37,17-5-11-20(29)12-6-17)18-7-13-21(30)14-8-18/h3-15H,1-2H3. The van der Waals surface area contributed by atoms with Gasteiger partial charge in [0.05, 0.1) is 24.7 Å². The highest BCUT2D eigenvalue weighted by Gasteiger charge is 2.45. The zero-order valence-corrected chi connectivity index (χ0v) is 20.6. The van der Waals surface area contributed by atoms with Crippen molar-refractivity contribution in [2.75, 3.05) is 14.2 Å². The maximum Gasteiger partial charge on any atom is 0.321 e. The third kappa shape index (κ3) is 4.56. The third-order valence-electron chi connectivity index (χ3n) is 5.99. The highest BCUT2D eigenvalue weighted by molar-refractivity contribution is 5.99. The van der Waals surface area contributed by atoms with E-state index in [9.17, 15) is 23.3 Å². The summed E-state index contributed by atoms with van der Waals surface area (Å²) in [5.41, 5.74) is -0.965. The van der Waals surface area contributed by atoms with Crippen LogP contribution < -0.4 is 9.47 Å². The molecule has 10 heteroatoms. The van der Waals surface area contributed by atoms with Crippen LogP contribution in [0.1, 0.15) is 16.7 Å². The summed E-state index contributed by atoms with van der Waals surface area (Å²) in [7, 11) is 5.67. The minimum atomic E-state index is -1.80. The average Bonchev–Trinajstić information content (AvgIpc) is 2.90. The van der Waals surface area contributed by atoms with Gasteiger partial charge < -0.3 is 13.9 Å². The molecular formula is C27H19F3NO5Si. The van der Waals surface area contributed by atoms with E-state index in [0.29, 0.717) is 11.1 Å². The number of halogens is 3. The maximum absolute atomic E-state index is 13.9. The van der Waals surface area contributed by atoms with E-state index in [0.717, 1.165) is 0 Å². The van der Waals surface area contributed by atoms with Crippen molar-refractivity contribution >= 4 is 16.2 Å². The van der Waals surface area contributed by atoms with Crippen LogP contribution in [0.2, 0.25) is 0 Å². The first kappa shape index (κ1) is 25.9. The van der Waals surface area contributed by atoms with Crippen LogP contribution in [0.25, 0.3) is 11.1 Å². The van der Waals surface area contributed by atoms with Gasteiger partial charge in [-0.05, 0) is 59.2 Å². The molecule has 0 unspecified atom stereocenters. The normalized spacial score (nSPS) is 11.3. The van der Waals surface area contributed by atoms with E-state index < -0.39 is 33.7 Å². The van der Waals surface area contributed by atoms with Crippen LogP contribution in [-0.2, 0) is 10.0 Å². The first-order valence-corrected chi connectivity index (χ1v) is 11.2. The fourth-order valence-electron chi connectivity index (χ4n) is 4.34. The quantitative estimate of drug-likeness (QED) is 0.121. The monoisotopic (exact) mass is 522 g/mol. The van der Waals surface area contributed by atoms with Crippen LogP contribution in [0, 0.1) is 27.6 Å². The van der Waals surface area contributed by atoms with Gasteiger partial charge in [-0.25, -0.2) is 13.2 Å². The topological polar surface area (TPSA) is 70.8 Å². The summed E-state index contributed by atoms with van der Waals surface area (Å²) in [5, 5.41) is 12.5. The molecular weight excluding hydrogens is 503 g/mol. The van der Waals surface area contributed by atoms with Gasteiger partial charge in [-0.3, -0.25) is 10.1 Å². The van der Waals surface area contributed by atoms with Crippen molar-refractivity contribution in [3.8, 4) is 22.6 Å². The third-order valence-corrected chi connectivity index (χ3v) is 6.30. The van der Waals surface area contributed by atoms with Gasteiger partial charge in [0.25, 0.3) is 0 Å². The number of nitrogens with zero attached hydrogens (tertiary/aromatic N) is 1. The number of nitro benzene ring substituents is 1. The molecule has 4 aromatic carbocycles.